The average Bonchev–Trinajstić information content (AvgIpc) is 2.90. The van der Waals surface area contributed by atoms with Crippen LogP contribution in [-0.2, 0) is 6.42 Å². The maximum absolute atomic E-state index is 4.88. The Morgan fingerprint density at radius 1 is 1.05 bits per heavy atom. The molecule has 3 aliphatic rings. The predicted octanol–water partition coefficient (Wildman–Crippen LogP) is 3.02. The van der Waals surface area contributed by atoms with E-state index in [9.17, 15) is 0 Å². The summed E-state index contributed by atoms with van der Waals surface area (Å²) in [6.45, 7) is 0. The Hall–Kier alpha value is -1.64. The molecule has 1 aromatic rings. The van der Waals surface area contributed by atoms with Crippen molar-refractivity contribution in [1.82, 2.24) is 5.32 Å². The molecule has 2 heterocycles. The number of nitrogens with one attached hydrogen (secondary N) is 1. The molecular weight excluding hydrogens is 234 g/mol. The van der Waals surface area contributed by atoms with Crippen LogP contribution in [0.1, 0.15) is 37.7 Å². The lowest BCUT2D eigenvalue weighted by Gasteiger charge is -2.23. The van der Waals surface area contributed by atoms with E-state index in [1.165, 1.54) is 31.2 Å². The van der Waals surface area contributed by atoms with Crippen molar-refractivity contribution in [1.29, 1.82) is 0 Å². The zero-order valence-corrected chi connectivity index (χ0v) is 11.1. The molecule has 0 unspecified atom stereocenters. The molecule has 1 aliphatic carbocycles. The van der Waals surface area contributed by atoms with E-state index < -0.39 is 0 Å². The molecule has 3 heteroatoms. The van der Waals surface area contributed by atoms with Gasteiger partial charge in [-0.3, -0.25) is 4.99 Å². The van der Waals surface area contributed by atoms with E-state index in [0.29, 0.717) is 12.1 Å². The third-order valence-electron chi connectivity index (χ3n) is 4.50. The molecule has 1 N–H and O–H groups in total. The van der Waals surface area contributed by atoms with E-state index in [2.05, 4.69) is 29.6 Å². The first-order valence-corrected chi connectivity index (χ1v) is 7.40. The number of amidine groups is 1. The number of fused-ring (bicyclic) bond motifs is 2. The van der Waals surface area contributed by atoms with Gasteiger partial charge in [0.15, 0.2) is 0 Å². The molecule has 0 aromatic heterocycles. The van der Waals surface area contributed by atoms with Crippen LogP contribution in [-0.4, -0.2) is 23.6 Å². The van der Waals surface area contributed by atoms with Crippen molar-refractivity contribution >= 4 is 17.2 Å². The molecule has 2 aliphatic heterocycles. The first kappa shape index (κ1) is 11.2. The van der Waals surface area contributed by atoms with Crippen LogP contribution in [0.4, 0.5) is 5.69 Å². The molecule has 1 fully saturated rings. The minimum absolute atomic E-state index is 0.503. The van der Waals surface area contributed by atoms with Crippen molar-refractivity contribution in [3.63, 3.8) is 0 Å². The highest BCUT2D eigenvalue weighted by Gasteiger charge is 2.32. The Balaban J connectivity index is 1.62. The maximum Gasteiger partial charge on any atom is 0.143 e. The molecule has 1 saturated carbocycles. The van der Waals surface area contributed by atoms with Crippen LogP contribution in [0.3, 0.4) is 0 Å². The number of rotatable bonds is 1. The van der Waals surface area contributed by atoms with E-state index in [1.54, 1.807) is 0 Å². The largest absolute Gasteiger partial charge is 0.364 e. The highest BCUT2D eigenvalue weighted by atomic mass is 15.1. The summed E-state index contributed by atoms with van der Waals surface area (Å²) < 4.78 is 0. The Kier molecular flexibility index (Phi) is 2.64. The average molecular weight is 253 g/mol. The van der Waals surface area contributed by atoms with E-state index >= 15 is 0 Å². The van der Waals surface area contributed by atoms with Gasteiger partial charge < -0.3 is 5.32 Å². The molecule has 19 heavy (non-hydrogen) atoms. The second-order valence-electron chi connectivity index (χ2n) is 5.77. The van der Waals surface area contributed by atoms with Crippen molar-refractivity contribution in [3.8, 4) is 0 Å². The fourth-order valence-corrected chi connectivity index (χ4v) is 3.43. The molecule has 0 amide bonds. The SMILES string of the molecule is c1ccc2c(c1)CCC(C1=N[C@H]3CCCC[C@@H]3N1)=N2. The lowest BCUT2D eigenvalue weighted by molar-refractivity contribution is 0.385. The van der Waals surface area contributed by atoms with Gasteiger partial charge in [-0.25, -0.2) is 4.99 Å². The number of aliphatic imine (C=N–C) groups is 2. The summed E-state index contributed by atoms with van der Waals surface area (Å²) in [6.07, 6.45) is 7.28. The predicted molar refractivity (Wildman–Crippen MR) is 78.5 cm³/mol. The van der Waals surface area contributed by atoms with Gasteiger partial charge in [-0.2, -0.15) is 0 Å². The molecule has 4 rings (SSSR count). The van der Waals surface area contributed by atoms with Gasteiger partial charge in [-0.1, -0.05) is 31.0 Å². The first-order chi connectivity index (χ1) is 9.40. The van der Waals surface area contributed by atoms with Crippen LogP contribution in [0.2, 0.25) is 0 Å². The third kappa shape index (κ3) is 1.97. The van der Waals surface area contributed by atoms with Gasteiger partial charge in [0, 0.05) is 0 Å². The van der Waals surface area contributed by atoms with E-state index in [1.807, 2.05) is 0 Å². The van der Waals surface area contributed by atoms with E-state index in [4.69, 9.17) is 9.98 Å². The van der Waals surface area contributed by atoms with E-state index in [-0.39, 0.29) is 0 Å². The van der Waals surface area contributed by atoms with Crippen molar-refractivity contribution < 1.29 is 0 Å². The molecule has 0 spiro atoms. The zero-order chi connectivity index (χ0) is 12.7. The zero-order valence-electron chi connectivity index (χ0n) is 11.1. The normalized spacial score (nSPS) is 28.8. The van der Waals surface area contributed by atoms with Crippen molar-refractivity contribution in [2.75, 3.05) is 0 Å². The standard InChI is InChI=1S/C16H19N3/c1-2-6-12-11(5-1)9-10-15(17-12)16-18-13-7-3-4-8-14(13)19-16/h1-2,5-6,13-14H,3-4,7-10H2,(H,18,19)/t13-,14-/m0/s1. The molecule has 1 aromatic carbocycles. The molecule has 0 bridgehead atoms. The molecule has 98 valence electrons. The van der Waals surface area contributed by atoms with Gasteiger partial charge in [0.05, 0.1) is 23.5 Å². The minimum Gasteiger partial charge on any atom is -0.364 e. The number of para-hydroxylation sites is 1. The molecule has 2 atom stereocenters. The van der Waals surface area contributed by atoms with Crippen molar-refractivity contribution in [3.05, 3.63) is 29.8 Å². The number of nitrogens with zero attached hydrogens (tertiary/aromatic N) is 2. The van der Waals surface area contributed by atoms with Gasteiger partial charge in [0.25, 0.3) is 0 Å². The fraction of sp³-hybridized carbons (Fsp3) is 0.500. The second-order valence-corrected chi connectivity index (χ2v) is 5.77. The topological polar surface area (TPSA) is 36.8 Å². The van der Waals surface area contributed by atoms with Gasteiger partial charge in [0.2, 0.25) is 0 Å². The van der Waals surface area contributed by atoms with E-state index in [0.717, 1.165) is 30.1 Å². The van der Waals surface area contributed by atoms with Crippen LogP contribution in [0.5, 0.6) is 0 Å². The molecule has 3 nitrogen and oxygen atoms in total. The Labute approximate surface area is 113 Å². The van der Waals surface area contributed by atoms with Crippen molar-refractivity contribution in [2.24, 2.45) is 9.98 Å². The highest BCUT2D eigenvalue weighted by molar-refractivity contribution is 6.42. The van der Waals surface area contributed by atoms with Crippen LogP contribution in [0.25, 0.3) is 0 Å². The smallest absolute Gasteiger partial charge is 0.143 e. The number of hydrogen-bond donors (Lipinski definition) is 1. The van der Waals surface area contributed by atoms with Gasteiger partial charge in [-0.15, -0.1) is 0 Å². The Morgan fingerprint density at radius 2 is 1.95 bits per heavy atom. The summed E-state index contributed by atoms with van der Waals surface area (Å²) in [6, 6.07) is 9.53. The maximum atomic E-state index is 4.88. The molecular formula is C16H19N3. The summed E-state index contributed by atoms with van der Waals surface area (Å²) in [7, 11) is 0. The lowest BCUT2D eigenvalue weighted by atomic mass is 9.92. The number of hydrogen-bond acceptors (Lipinski definition) is 3. The number of aryl methyl sites for hydroxylation is 1. The van der Waals surface area contributed by atoms with Crippen LogP contribution in [0.15, 0.2) is 34.3 Å². The summed E-state index contributed by atoms with van der Waals surface area (Å²) in [4.78, 5) is 9.69. The van der Waals surface area contributed by atoms with Gasteiger partial charge >= 0.3 is 0 Å². The first-order valence-electron chi connectivity index (χ1n) is 7.40. The quantitative estimate of drug-likeness (QED) is 0.820. The summed E-state index contributed by atoms with van der Waals surface area (Å²) in [5, 5.41) is 3.61. The monoisotopic (exact) mass is 253 g/mol. The Morgan fingerprint density at radius 3 is 2.89 bits per heavy atom. The van der Waals surface area contributed by atoms with Crippen molar-refractivity contribution in [2.45, 2.75) is 50.6 Å². The fourth-order valence-electron chi connectivity index (χ4n) is 3.43. The summed E-state index contributed by atoms with van der Waals surface area (Å²) in [5.41, 5.74) is 3.65. The van der Waals surface area contributed by atoms with Crippen LogP contribution >= 0.6 is 0 Å². The minimum atomic E-state index is 0.503. The highest BCUT2D eigenvalue weighted by Crippen LogP contribution is 2.29. The van der Waals surface area contributed by atoms with Gasteiger partial charge in [0.1, 0.15) is 5.84 Å². The summed E-state index contributed by atoms with van der Waals surface area (Å²) >= 11 is 0. The third-order valence-corrected chi connectivity index (χ3v) is 4.50. The van der Waals surface area contributed by atoms with Gasteiger partial charge in [-0.05, 0) is 37.3 Å². The van der Waals surface area contributed by atoms with Crippen LogP contribution in [0, 0.1) is 0 Å². The summed E-state index contributed by atoms with van der Waals surface area (Å²) in [5.74, 6) is 1.08. The molecule has 0 radical (unpaired) electrons. The Bertz CT molecular complexity index is 559. The second kappa shape index (κ2) is 4.48. The number of benzene rings is 1. The van der Waals surface area contributed by atoms with Crippen LogP contribution < -0.4 is 5.32 Å². The molecule has 0 saturated heterocycles. The lowest BCUT2D eigenvalue weighted by Crippen LogP contribution is -2.39.